The van der Waals surface area contributed by atoms with Crippen molar-refractivity contribution in [1.82, 2.24) is 15.5 Å². The van der Waals surface area contributed by atoms with Crippen molar-refractivity contribution in [3.8, 4) is 0 Å². The molecule has 4 atom stereocenters. The molecule has 1 aliphatic carbocycles. The van der Waals surface area contributed by atoms with Crippen LogP contribution in [0.2, 0.25) is 0 Å². The first kappa shape index (κ1) is 38.0. The number of fused-ring (bicyclic) bond motifs is 1. The number of benzene rings is 2. The molecular weight excluding hydrogens is 646 g/mol. The molecule has 13 nitrogen and oxygen atoms in total. The molecular formula is C37H45N3O10. The molecule has 3 N–H and O–H groups in total. The molecule has 1 saturated heterocycles. The molecule has 13 heteroatoms. The summed E-state index contributed by atoms with van der Waals surface area (Å²) in [4.78, 5) is 65.2. The number of aliphatic hydroxyl groups is 1. The quantitative estimate of drug-likeness (QED) is 0.210. The van der Waals surface area contributed by atoms with Crippen LogP contribution in [0.1, 0.15) is 71.9 Å². The maximum atomic E-state index is 13.3. The molecule has 1 heterocycles. The zero-order valence-electron chi connectivity index (χ0n) is 29.0. The standard InChI is InChI=1S/C37H45N3O10/c1-37(2,3)50-32(43)16-14-27(21-41)39-35(45)25-11-8-9-23(17-25)20-38-34(44)26-18-29-33(48-22-47-29)30(19-26)49-36(46)28-12-7-6-10-24(28)13-15-31(42)40(4)5/h6-13,15,17-18,27,29-30,33,41H,14,16,19-22H2,1-5H3,(H,38,44)(H,39,45)/t27-,29+,30+,33+/m0/s1. The van der Waals surface area contributed by atoms with E-state index in [2.05, 4.69) is 10.6 Å². The fourth-order valence-electron chi connectivity index (χ4n) is 5.34. The van der Waals surface area contributed by atoms with Gasteiger partial charge in [0.15, 0.2) is 0 Å². The number of aliphatic hydroxyl groups excluding tert-OH is 1. The Bertz CT molecular complexity index is 1630. The molecule has 4 rings (SSSR count). The molecule has 0 spiro atoms. The maximum absolute atomic E-state index is 13.3. The Balaban J connectivity index is 1.36. The maximum Gasteiger partial charge on any atom is 0.339 e. The van der Waals surface area contributed by atoms with Gasteiger partial charge in [-0.2, -0.15) is 0 Å². The molecule has 0 bridgehead atoms. The van der Waals surface area contributed by atoms with Crippen LogP contribution in [0.5, 0.6) is 0 Å². The van der Waals surface area contributed by atoms with Gasteiger partial charge in [0.25, 0.3) is 5.91 Å². The zero-order valence-corrected chi connectivity index (χ0v) is 29.0. The summed E-state index contributed by atoms with van der Waals surface area (Å²) < 4.78 is 22.5. The van der Waals surface area contributed by atoms with Crippen molar-refractivity contribution >= 4 is 35.7 Å². The number of carbonyl (C=O) groups excluding carboxylic acids is 5. The lowest BCUT2D eigenvalue weighted by molar-refractivity contribution is -0.155. The molecule has 2 aromatic carbocycles. The molecule has 268 valence electrons. The summed E-state index contributed by atoms with van der Waals surface area (Å²) in [6.07, 6.45) is 2.88. The van der Waals surface area contributed by atoms with Gasteiger partial charge in [-0.25, -0.2) is 4.79 Å². The summed E-state index contributed by atoms with van der Waals surface area (Å²) in [5, 5.41) is 15.4. The van der Waals surface area contributed by atoms with Crippen LogP contribution in [-0.4, -0.2) is 97.1 Å². The van der Waals surface area contributed by atoms with Crippen LogP contribution in [-0.2, 0) is 39.9 Å². The van der Waals surface area contributed by atoms with E-state index in [9.17, 15) is 29.1 Å². The minimum atomic E-state index is -0.817. The number of esters is 2. The van der Waals surface area contributed by atoms with Crippen molar-refractivity contribution in [3.63, 3.8) is 0 Å². The zero-order chi connectivity index (χ0) is 36.4. The average Bonchev–Trinajstić information content (AvgIpc) is 3.56. The number of carbonyl (C=O) groups is 5. The predicted molar refractivity (Wildman–Crippen MR) is 182 cm³/mol. The Morgan fingerprint density at radius 3 is 2.52 bits per heavy atom. The summed E-state index contributed by atoms with van der Waals surface area (Å²) in [6, 6.07) is 12.7. The van der Waals surface area contributed by atoms with Gasteiger partial charge >= 0.3 is 11.9 Å². The van der Waals surface area contributed by atoms with Gasteiger partial charge in [0.1, 0.15) is 30.7 Å². The van der Waals surface area contributed by atoms with Gasteiger partial charge in [-0.1, -0.05) is 30.3 Å². The molecule has 2 aliphatic rings. The number of ether oxygens (including phenoxy) is 4. The van der Waals surface area contributed by atoms with Crippen LogP contribution < -0.4 is 10.6 Å². The van der Waals surface area contributed by atoms with Crippen LogP contribution >= 0.6 is 0 Å². The summed E-state index contributed by atoms with van der Waals surface area (Å²) in [6.45, 7) is 5.02. The number of hydrogen-bond acceptors (Lipinski definition) is 10. The van der Waals surface area contributed by atoms with Crippen LogP contribution in [0.3, 0.4) is 0 Å². The van der Waals surface area contributed by atoms with E-state index in [-0.39, 0.29) is 50.7 Å². The van der Waals surface area contributed by atoms with Crippen molar-refractivity contribution in [2.45, 2.75) is 76.5 Å². The van der Waals surface area contributed by atoms with Crippen LogP contribution in [0, 0.1) is 0 Å². The number of likely N-dealkylation sites (N-methyl/N-ethyl adjacent to an activating group) is 1. The van der Waals surface area contributed by atoms with Gasteiger partial charge < -0.3 is 39.6 Å². The Morgan fingerprint density at radius 2 is 1.80 bits per heavy atom. The second kappa shape index (κ2) is 17.2. The first-order valence-corrected chi connectivity index (χ1v) is 16.4. The second-order valence-corrected chi connectivity index (χ2v) is 13.2. The van der Waals surface area contributed by atoms with E-state index < -0.39 is 53.7 Å². The number of amides is 3. The fraction of sp³-hybridized carbons (Fsp3) is 0.432. The molecule has 0 radical (unpaired) electrons. The molecule has 3 amide bonds. The molecule has 1 fully saturated rings. The Hall–Kier alpha value is -4.85. The van der Waals surface area contributed by atoms with E-state index in [1.807, 2.05) is 0 Å². The van der Waals surface area contributed by atoms with Crippen molar-refractivity contribution in [2.24, 2.45) is 0 Å². The molecule has 0 unspecified atom stereocenters. The van der Waals surface area contributed by atoms with Crippen LogP contribution in [0.15, 0.2) is 66.3 Å². The molecule has 0 aromatic heterocycles. The Labute approximate surface area is 291 Å². The topological polar surface area (TPSA) is 170 Å². The van der Waals surface area contributed by atoms with E-state index in [1.54, 1.807) is 95.5 Å². The van der Waals surface area contributed by atoms with E-state index in [0.717, 1.165) is 0 Å². The SMILES string of the molecule is CN(C)C(=O)C=Cc1ccccc1C(=O)O[C@@H]1CC(C(=O)NCc2cccc(C(=O)N[C@H](CO)CCC(=O)OC(C)(C)C)c2)=C[C@H]2OCO[C@H]21. The highest BCUT2D eigenvalue weighted by molar-refractivity contribution is 5.98. The third-order valence-corrected chi connectivity index (χ3v) is 7.89. The highest BCUT2D eigenvalue weighted by Crippen LogP contribution is 2.31. The van der Waals surface area contributed by atoms with Gasteiger partial charge in [0, 0.05) is 50.7 Å². The lowest BCUT2D eigenvalue weighted by Gasteiger charge is -2.30. The largest absolute Gasteiger partial charge is 0.460 e. The third-order valence-electron chi connectivity index (χ3n) is 7.89. The number of hydrogen-bond donors (Lipinski definition) is 3. The average molecular weight is 692 g/mol. The Morgan fingerprint density at radius 1 is 1.04 bits per heavy atom. The summed E-state index contributed by atoms with van der Waals surface area (Å²) in [5.41, 5.74) is 1.44. The first-order valence-electron chi connectivity index (χ1n) is 16.4. The van der Waals surface area contributed by atoms with Gasteiger partial charge in [-0.15, -0.1) is 0 Å². The van der Waals surface area contributed by atoms with Gasteiger partial charge in [0.05, 0.1) is 18.2 Å². The van der Waals surface area contributed by atoms with E-state index >= 15 is 0 Å². The van der Waals surface area contributed by atoms with Gasteiger partial charge in [-0.05, 0) is 68.7 Å². The first-order chi connectivity index (χ1) is 23.7. The highest BCUT2D eigenvalue weighted by Gasteiger charge is 2.42. The van der Waals surface area contributed by atoms with Gasteiger partial charge in [-0.3, -0.25) is 19.2 Å². The number of nitrogens with one attached hydrogen (secondary N) is 2. The van der Waals surface area contributed by atoms with Crippen molar-refractivity contribution in [2.75, 3.05) is 27.5 Å². The second-order valence-electron chi connectivity index (χ2n) is 13.2. The minimum absolute atomic E-state index is 0.0201. The fourth-order valence-corrected chi connectivity index (χ4v) is 5.34. The van der Waals surface area contributed by atoms with Gasteiger partial charge in [0.2, 0.25) is 11.8 Å². The third kappa shape index (κ3) is 10.8. The monoisotopic (exact) mass is 691 g/mol. The normalized spacial score (nSPS) is 19.2. The molecule has 0 saturated carbocycles. The molecule has 50 heavy (non-hydrogen) atoms. The van der Waals surface area contributed by atoms with E-state index in [4.69, 9.17) is 18.9 Å². The van der Waals surface area contributed by atoms with Crippen LogP contribution in [0.25, 0.3) is 6.08 Å². The molecule has 2 aromatic rings. The van der Waals surface area contributed by atoms with E-state index in [1.165, 1.54) is 11.0 Å². The minimum Gasteiger partial charge on any atom is -0.460 e. The summed E-state index contributed by atoms with van der Waals surface area (Å²) in [7, 11) is 3.25. The Kier molecular flexibility index (Phi) is 13.1. The highest BCUT2D eigenvalue weighted by atomic mass is 16.7. The predicted octanol–water partition coefficient (Wildman–Crippen LogP) is 2.91. The summed E-state index contributed by atoms with van der Waals surface area (Å²) >= 11 is 0. The summed E-state index contributed by atoms with van der Waals surface area (Å²) in [5.74, 6) is -2.13. The van der Waals surface area contributed by atoms with Crippen LogP contribution in [0.4, 0.5) is 0 Å². The van der Waals surface area contributed by atoms with Crippen molar-refractivity contribution in [3.05, 3.63) is 88.5 Å². The van der Waals surface area contributed by atoms with E-state index in [0.29, 0.717) is 22.3 Å². The lowest BCUT2D eigenvalue weighted by Crippen LogP contribution is -2.43. The molecule has 1 aliphatic heterocycles. The van der Waals surface area contributed by atoms with Crippen molar-refractivity contribution in [1.29, 1.82) is 0 Å². The number of rotatable bonds is 13. The lowest BCUT2D eigenvalue weighted by atomic mass is 9.91. The number of nitrogens with zero attached hydrogens (tertiary/aromatic N) is 1. The smallest absolute Gasteiger partial charge is 0.339 e. The van der Waals surface area contributed by atoms with Crippen molar-refractivity contribution < 1.29 is 48.0 Å².